The summed E-state index contributed by atoms with van der Waals surface area (Å²) in [7, 11) is 0. The summed E-state index contributed by atoms with van der Waals surface area (Å²) in [5.41, 5.74) is -0.499. The molecule has 0 saturated carbocycles. The number of anilines is 1. The average molecular weight is 268 g/mol. The van der Waals surface area contributed by atoms with Gasteiger partial charge in [-0.05, 0) is 32.3 Å². The molecule has 0 aromatic heterocycles. The van der Waals surface area contributed by atoms with Gasteiger partial charge in [0.1, 0.15) is 5.82 Å². The largest absolute Gasteiger partial charge is 0.394 e. The second kappa shape index (κ2) is 5.13. The first-order valence-electron chi connectivity index (χ1n) is 6.30. The molecule has 1 heterocycles. The minimum absolute atomic E-state index is 0.102. The van der Waals surface area contributed by atoms with Crippen LogP contribution in [0.4, 0.5) is 15.8 Å². The first-order chi connectivity index (χ1) is 8.98. The van der Waals surface area contributed by atoms with Crippen LogP contribution in [0.2, 0.25) is 0 Å². The van der Waals surface area contributed by atoms with E-state index in [1.807, 2.05) is 6.92 Å². The van der Waals surface area contributed by atoms with E-state index in [4.69, 9.17) is 0 Å². The van der Waals surface area contributed by atoms with Crippen molar-refractivity contribution in [3.8, 4) is 0 Å². The summed E-state index contributed by atoms with van der Waals surface area (Å²) in [5, 5.41) is 20.3. The molecule has 1 unspecified atom stereocenters. The highest BCUT2D eigenvalue weighted by Crippen LogP contribution is 2.35. The van der Waals surface area contributed by atoms with Crippen LogP contribution >= 0.6 is 0 Å². The fourth-order valence-corrected chi connectivity index (χ4v) is 2.58. The topological polar surface area (TPSA) is 66.6 Å². The maximum Gasteiger partial charge on any atom is 0.271 e. The molecule has 1 aromatic rings. The van der Waals surface area contributed by atoms with Gasteiger partial charge in [-0.25, -0.2) is 4.39 Å². The maximum atomic E-state index is 14.0. The highest BCUT2D eigenvalue weighted by atomic mass is 19.1. The van der Waals surface area contributed by atoms with Crippen molar-refractivity contribution in [3.63, 3.8) is 0 Å². The number of nitro benzene ring substituents is 1. The molecular weight excluding hydrogens is 251 g/mol. The fraction of sp³-hybridized carbons (Fsp3) is 0.538. The van der Waals surface area contributed by atoms with Crippen molar-refractivity contribution in [2.75, 3.05) is 18.1 Å². The zero-order valence-electron chi connectivity index (χ0n) is 10.8. The molecule has 0 aliphatic carbocycles. The van der Waals surface area contributed by atoms with Crippen molar-refractivity contribution >= 4 is 11.4 Å². The predicted molar refractivity (Wildman–Crippen MR) is 69.7 cm³/mol. The van der Waals surface area contributed by atoms with Gasteiger partial charge in [0.25, 0.3) is 5.69 Å². The molecule has 19 heavy (non-hydrogen) atoms. The van der Waals surface area contributed by atoms with Crippen molar-refractivity contribution in [3.05, 3.63) is 34.1 Å². The third-order valence-electron chi connectivity index (χ3n) is 3.77. The monoisotopic (exact) mass is 268 g/mol. The van der Waals surface area contributed by atoms with Crippen LogP contribution in [0.3, 0.4) is 0 Å². The summed E-state index contributed by atoms with van der Waals surface area (Å²) in [6.45, 7) is 2.34. The van der Waals surface area contributed by atoms with Crippen LogP contribution in [0, 0.1) is 15.9 Å². The normalized spacial score (nSPS) is 23.4. The Kier molecular flexibility index (Phi) is 3.71. The first kappa shape index (κ1) is 13.7. The van der Waals surface area contributed by atoms with E-state index in [-0.39, 0.29) is 18.0 Å². The van der Waals surface area contributed by atoms with E-state index in [1.165, 1.54) is 6.07 Å². The van der Waals surface area contributed by atoms with E-state index in [0.29, 0.717) is 6.54 Å². The summed E-state index contributed by atoms with van der Waals surface area (Å²) < 4.78 is 14.0. The molecule has 1 aliphatic heterocycles. The summed E-state index contributed by atoms with van der Waals surface area (Å²) in [6.07, 6.45) is 2.59. The van der Waals surface area contributed by atoms with Gasteiger partial charge in [0.15, 0.2) is 0 Å². The first-order valence-corrected chi connectivity index (χ1v) is 6.30. The SMILES string of the molecule is CC1(CO)CCCCN1c1cc([N+](=O)[O-])ccc1F. The number of hydrogen-bond acceptors (Lipinski definition) is 4. The Morgan fingerprint density at radius 3 is 2.89 bits per heavy atom. The zero-order chi connectivity index (χ0) is 14.0. The molecule has 2 rings (SSSR count). The number of halogens is 1. The van der Waals surface area contributed by atoms with Gasteiger partial charge < -0.3 is 10.0 Å². The lowest BCUT2D eigenvalue weighted by Gasteiger charge is -2.45. The summed E-state index contributed by atoms with van der Waals surface area (Å²) in [5.74, 6) is -0.493. The molecule has 1 aromatic carbocycles. The number of non-ortho nitro benzene ring substituents is 1. The summed E-state index contributed by atoms with van der Waals surface area (Å²) in [6, 6.07) is 3.51. The van der Waals surface area contributed by atoms with Gasteiger partial charge in [-0.3, -0.25) is 10.1 Å². The lowest BCUT2D eigenvalue weighted by atomic mass is 9.88. The van der Waals surface area contributed by atoms with Crippen molar-refractivity contribution in [1.82, 2.24) is 0 Å². The van der Waals surface area contributed by atoms with Gasteiger partial charge in [-0.1, -0.05) is 0 Å². The van der Waals surface area contributed by atoms with Gasteiger partial charge in [0, 0.05) is 18.7 Å². The number of aliphatic hydroxyl groups is 1. The predicted octanol–water partition coefficient (Wildman–Crippen LogP) is 2.48. The molecule has 5 nitrogen and oxygen atoms in total. The van der Waals surface area contributed by atoms with Crippen LogP contribution in [-0.4, -0.2) is 28.7 Å². The molecule has 1 aliphatic rings. The van der Waals surface area contributed by atoms with Crippen LogP contribution in [0.5, 0.6) is 0 Å². The number of hydrogen-bond donors (Lipinski definition) is 1. The van der Waals surface area contributed by atoms with E-state index in [9.17, 15) is 19.6 Å². The number of nitro groups is 1. The lowest BCUT2D eigenvalue weighted by molar-refractivity contribution is -0.384. The van der Waals surface area contributed by atoms with E-state index in [0.717, 1.165) is 31.4 Å². The number of rotatable bonds is 3. The molecule has 104 valence electrons. The van der Waals surface area contributed by atoms with Crippen molar-refractivity contribution in [1.29, 1.82) is 0 Å². The van der Waals surface area contributed by atoms with Crippen LogP contribution < -0.4 is 4.90 Å². The van der Waals surface area contributed by atoms with Gasteiger partial charge in [0.2, 0.25) is 0 Å². The van der Waals surface area contributed by atoms with E-state index >= 15 is 0 Å². The third kappa shape index (κ3) is 2.53. The highest BCUT2D eigenvalue weighted by Gasteiger charge is 2.35. The summed E-state index contributed by atoms with van der Waals surface area (Å²) in [4.78, 5) is 12.0. The molecule has 0 bridgehead atoms. The molecule has 0 radical (unpaired) electrons. The average Bonchev–Trinajstić information content (AvgIpc) is 2.40. The summed E-state index contributed by atoms with van der Waals surface area (Å²) >= 11 is 0. The Labute approximate surface area is 110 Å². The maximum absolute atomic E-state index is 14.0. The van der Waals surface area contributed by atoms with Crippen LogP contribution in [0.1, 0.15) is 26.2 Å². The van der Waals surface area contributed by atoms with Crippen LogP contribution in [-0.2, 0) is 0 Å². The molecule has 6 heteroatoms. The second-order valence-electron chi connectivity index (χ2n) is 5.16. The fourth-order valence-electron chi connectivity index (χ4n) is 2.58. The number of benzene rings is 1. The Balaban J connectivity index is 2.44. The van der Waals surface area contributed by atoms with Gasteiger partial charge in [-0.15, -0.1) is 0 Å². The van der Waals surface area contributed by atoms with Crippen LogP contribution in [0.15, 0.2) is 18.2 Å². The Hall–Kier alpha value is -1.69. The molecule has 1 saturated heterocycles. The van der Waals surface area contributed by atoms with Gasteiger partial charge in [-0.2, -0.15) is 0 Å². The number of piperidine rings is 1. The quantitative estimate of drug-likeness (QED) is 0.675. The van der Waals surface area contributed by atoms with E-state index in [1.54, 1.807) is 4.90 Å². The third-order valence-corrected chi connectivity index (χ3v) is 3.77. The second-order valence-corrected chi connectivity index (χ2v) is 5.16. The van der Waals surface area contributed by atoms with Gasteiger partial charge >= 0.3 is 0 Å². The standard InChI is InChI=1S/C13H17FN2O3/c1-13(9-17)6-2-3-7-15(13)12-8-10(16(18)19)4-5-11(12)14/h4-5,8,17H,2-3,6-7,9H2,1H3. The minimum Gasteiger partial charge on any atom is -0.394 e. The van der Waals surface area contributed by atoms with Gasteiger partial charge in [0.05, 0.1) is 22.8 Å². The van der Waals surface area contributed by atoms with Crippen molar-refractivity contribution in [2.24, 2.45) is 0 Å². The molecular formula is C13H17FN2O3. The van der Waals surface area contributed by atoms with Crippen LogP contribution in [0.25, 0.3) is 0 Å². The minimum atomic E-state index is -0.561. The molecule has 1 fully saturated rings. The highest BCUT2D eigenvalue weighted by molar-refractivity contribution is 5.56. The van der Waals surface area contributed by atoms with E-state index < -0.39 is 16.3 Å². The van der Waals surface area contributed by atoms with E-state index in [2.05, 4.69) is 0 Å². The molecule has 1 N–H and O–H groups in total. The lowest BCUT2D eigenvalue weighted by Crippen LogP contribution is -2.52. The van der Waals surface area contributed by atoms with Crippen molar-refractivity contribution in [2.45, 2.75) is 31.7 Å². The number of nitrogens with zero attached hydrogens (tertiary/aromatic N) is 2. The Morgan fingerprint density at radius 1 is 1.53 bits per heavy atom. The molecule has 0 spiro atoms. The Morgan fingerprint density at radius 2 is 2.26 bits per heavy atom. The molecule has 1 atom stereocenters. The molecule has 0 amide bonds. The zero-order valence-corrected chi connectivity index (χ0v) is 10.8. The van der Waals surface area contributed by atoms with Crippen molar-refractivity contribution < 1.29 is 14.4 Å². The number of aliphatic hydroxyl groups excluding tert-OH is 1. The Bertz CT molecular complexity index is 495. The smallest absolute Gasteiger partial charge is 0.271 e.